The molecule has 0 saturated heterocycles. The van der Waals surface area contributed by atoms with Crippen molar-refractivity contribution >= 4 is 16.8 Å². The average Bonchev–Trinajstić information content (AvgIpc) is 2.68. The summed E-state index contributed by atoms with van der Waals surface area (Å²) in [5.74, 6) is 0.837. The Morgan fingerprint density at radius 2 is 1.89 bits per heavy atom. The van der Waals surface area contributed by atoms with Crippen LogP contribution in [0.25, 0.3) is 10.9 Å². The standard InChI is InChI=1S/C19H19N3O5/c1-26-13-5-4-6-14(11-13)27-10-9-20-17(23)12-22-18(24)15-7-2-3-8-16(15)21-19(22)25/h2-8,11H,9-10,12H2,1H3,(H,20,23)(H,21,25). The normalized spacial score (nSPS) is 10.6. The molecule has 0 bridgehead atoms. The molecular formula is C19H19N3O5. The smallest absolute Gasteiger partial charge is 0.329 e. The number of aromatic amines is 1. The molecule has 1 aromatic heterocycles. The number of para-hydroxylation sites is 1. The Morgan fingerprint density at radius 1 is 1.11 bits per heavy atom. The highest BCUT2D eigenvalue weighted by Gasteiger charge is 2.10. The minimum Gasteiger partial charge on any atom is -0.497 e. The van der Waals surface area contributed by atoms with E-state index in [-0.39, 0.29) is 19.7 Å². The highest BCUT2D eigenvalue weighted by molar-refractivity contribution is 5.78. The lowest BCUT2D eigenvalue weighted by Crippen LogP contribution is -2.41. The summed E-state index contributed by atoms with van der Waals surface area (Å²) < 4.78 is 11.5. The second-order valence-electron chi connectivity index (χ2n) is 5.74. The van der Waals surface area contributed by atoms with Crippen LogP contribution >= 0.6 is 0 Å². The fourth-order valence-corrected chi connectivity index (χ4v) is 2.59. The minimum absolute atomic E-state index is 0.232. The van der Waals surface area contributed by atoms with E-state index in [0.717, 1.165) is 4.57 Å². The zero-order valence-electron chi connectivity index (χ0n) is 14.7. The fourth-order valence-electron chi connectivity index (χ4n) is 2.59. The van der Waals surface area contributed by atoms with Gasteiger partial charge in [0.05, 0.1) is 24.6 Å². The third-order valence-electron chi connectivity index (χ3n) is 3.93. The largest absolute Gasteiger partial charge is 0.497 e. The number of carbonyl (C=O) groups excluding carboxylic acids is 1. The number of hydrogen-bond donors (Lipinski definition) is 2. The highest BCUT2D eigenvalue weighted by atomic mass is 16.5. The van der Waals surface area contributed by atoms with Crippen molar-refractivity contribution in [3.05, 3.63) is 69.4 Å². The number of hydrogen-bond acceptors (Lipinski definition) is 5. The van der Waals surface area contributed by atoms with Crippen molar-refractivity contribution < 1.29 is 14.3 Å². The molecular weight excluding hydrogens is 350 g/mol. The first-order valence-corrected chi connectivity index (χ1v) is 8.34. The van der Waals surface area contributed by atoms with Crippen molar-refractivity contribution in [1.29, 1.82) is 0 Å². The summed E-state index contributed by atoms with van der Waals surface area (Å²) in [6.07, 6.45) is 0. The molecule has 8 nitrogen and oxygen atoms in total. The number of ether oxygens (including phenoxy) is 2. The summed E-state index contributed by atoms with van der Waals surface area (Å²) in [4.78, 5) is 39.1. The van der Waals surface area contributed by atoms with Crippen molar-refractivity contribution in [1.82, 2.24) is 14.9 Å². The zero-order chi connectivity index (χ0) is 19.2. The lowest BCUT2D eigenvalue weighted by molar-refractivity contribution is -0.121. The maximum absolute atomic E-state index is 12.4. The summed E-state index contributed by atoms with van der Waals surface area (Å²) in [6.45, 7) is 0.107. The Morgan fingerprint density at radius 3 is 2.70 bits per heavy atom. The van der Waals surface area contributed by atoms with Crippen LogP contribution in [0, 0.1) is 0 Å². The number of aromatic nitrogens is 2. The van der Waals surface area contributed by atoms with Gasteiger partial charge in [-0.05, 0) is 24.3 Å². The van der Waals surface area contributed by atoms with Crippen molar-refractivity contribution in [2.45, 2.75) is 6.54 Å². The van der Waals surface area contributed by atoms with E-state index in [0.29, 0.717) is 22.4 Å². The molecule has 0 aliphatic heterocycles. The van der Waals surface area contributed by atoms with Gasteiger partial charge in [-0.2, -0.15) is 0 Å². The quantitative estimate of drug-likeness (QED) is 0.602. The predicted molar refractivity (Wildman–Crippen MR) is 100 cm³/mol. The minimum atomic E-state index is -0.624. The number of methoxy groups -OCH3 is 1. The van der Waals surface area contributed by atoms with E-state index in [1.54, 1.807) is 55.6 Å². The highest BCUT2D eigenvalue weighted by Crippen LogP contribution is 2.18. The number of H-pyrrole nitrogens is 1. The molecule has 0 aliphatic rings. The van der Waals surface area contributed by atoms with Gasteiger partial charge in [-0.3, -0.25) is 14.2 Å². The second-order valence-corrected chi connectivity index (χ2v) is 5.74. The van der Waals surface area contributed by atoms with E-state index < -0.39 is 17.2 Å². The molecule has 1 heterocycles. The number of carbonyl (C=O) groups is 1. The summed E-state index contributed by atoms with van der Waals surface area (Å²) in [7, 11) is 1.57. The van der Waals surface area contributed by atoms with E-state index in [9.17, 15) is 14.4 Å². The average molecular weight is 369 g/mol. The lowest BCUT2D eigenvalue weighted by Gasteiger charge is -2.10. The molecule has 2 N–H and O–H groups in total. The van der Waals surface area contributed by atoms with Crippen LogP contribution in [0.1, 0.15) is 0 Å². The molecule has 0 unspecified atom stereocenters. The number of benzene rings is 2. The van der Waals surface area contributed by atoms with Gasteiger partial charge in [0, 0.05) is 6.07 Å². The van der Waals surface area contributed by atoms with Gasteiger partial charge >= 0.3 is 5.69 Å². The van der Waals surface area contributed by atoms with Crippen LogP contribution in [0.15, 0.2) is 58.1 Å². The maximum Gasteiger partial charge on any atom is 0.329 e. The number of amides is 1. The van der Waals surface area contributed by atoms with Crippen molar-refractivity contribution in [2.75, 3.05) is 20.3 Å². The molecule has 3 rings (SSSR count). The van der Waals surface area contributed by atoms with Crippen molar-refractivity contribution in [2.24, 2.45) is 0 Å². The summed E-state index contributed by atoms with van der Waals surface area (Å²) in [5.41, 5.74) is -0.686. The monoisotopic (exact) mass is 369 g/mol. The van der Waals surface area contributed by atoms with E-state index >= 15 is 0 Å². The third-order valence-corrected chi connectivity index (χ3v) is 3.93. The zero-order valence-corrected chi connectivity index (χ0v) is 14.7. The molecule has 0 aliphatic carbocycles. The first kappa shape index (κ1) is 18.2. The molecule has 2 aromatic carbocycles. The van der Waals surface area contributed by atoms with Crippen molar-refractivity contribution in [3.63, 3.8) is 0 Å². The lowest BCUT2D eigenvalue weighted by atomic mass is 10.2. The van der Waals surface area contributed by atoms with Crippen LogP contribution in [0.5, 0.6) is 11.5 Å². The van der Waals surface area contributed by atoms with E-state index in [1.807, 2.05) is 0 Å². The SMILES string of the molecule is COc1cccc(OCCNC(=O)Cn2c(=O)[nH]c3ccccc3c2=O)c1. The number of rotatable bonds is 7. The first-order chi connectivity index (χ1) is 13.1. The molecule has 140 valence electrons. The molecule has 0 atom stereocenters. The van der Waals surface area contributed by atoms with Gasteiger partial charge in [0.1, 0.15) is 24.7 Å². The van der Waals surface area contributed by atoms with Crippen LogP contribution in [0.2, 0.25) is 0 Å². The summed E-state index contributed by atoms with van der Waals surface area (Å²) in [5, 5.41) is 2.98. The Hall–Kier alpha value is -3.55. The number of nitrogens with one attached hydrogen (secondary N) is 2. The van der Waals surface area contributed by atoms with Gasteiger partial charge in [-0.1, -0.05) is 18.2 Å². The topological polar surface area (TPSA) is 102 Å². The molecule has 8 heteroatoms. The number of fused-ring (bicyclic) bond motifs is 1. The van der Waals surface area contributed by atoms with Gasteiger partial charge in [-0.25, -0.2) is 4.79 Å². The number of nitrogens with zero attached hydrogens (tertiary/aromatic N) is 1. The van der Waals surface area contributed by atoms with Crippen LogP contribution in [-0.4, -0.2) is 35.7 Å². The van der Waals surface area contributed by atoms with Crippen LogP contribution < -0.4 is 26.0 Å². The van der Waals surface area contributed by atoms with E-state index in [1.165, 1.54) is 0 Å². The van der Waals surface area contributed by atoms with Gasteiger partial charge in [-0.15, -0.1) is 0 Å². The first-order valence-electron chi connectivity index (χ1n) is 8.34. The van der Waals surface area contributed by atoms with Gasteiger partial charge in [0.15, 0.2) is 0 Å². The molecule has 0 saturated carbocycles. The summed E-state index contributed by atoms with van der Waals surface area (Å²) >= 11 is 0. The van der Waals surface area contributed by atoms with Crippen molar-refractivity contribution in [3.8, 4) is 11.5 Å². The van der Waals surface area contributed by atoms with Gasteiger partial charge in [0.2, 0.25) is 5.91 Å². The molecule has 3 aromatic rings. The van der Waals surface area contributed by atoms with Gasteiger partial charge < -0.3 is 19.8 Å². The summed E-state index contributed by atoms with van der Waals surface area (Å²) in [6, 6.07) is 13.8. The third kappa shape index (κ3) is 4.35. The Kier molecular flexibility index (Phi) is 5.55. The Bertz CT molecular complexity index is 1070. The fraction of sp³-hybridized carbons (Fsp3) is 0.211. The molecule has 27 heavy (non-hydrogen) atoms. The second kappa shape index (κ2) is 8.22. The Labute approximate surface area is 154 Å². The van der Waals surface area contributed by atoms with E-state index in [2.05, 4.69) is 10.3 Å². The molecule has 0 spiro atoms. The van der Waals surface area contributed by atoms with Crippen LogP contribution in [0.4, 0.5) is 0 Å². The maximum atomic E-state index is 12.4. The van der Waals surface area contributed by atoms with Crippen LogP contribution in [-0.2, 0) is 11.3 Å². The molecule has 0 fully saturated rings. The molecule has 1 amide bonds. The molecule has 0 radical (unpaired) electrons. The van der Waals surface area contributed by atoms with Gasteiger partial charge in [0.25, 0.3) is 5.56 Å². The van der Waals surface area contributed by atoms with E-state index in [4.69, 9.17) is 9.47 Å². The van der Waals surface area contributed by atoms with Crippen LogP contribution in [0.3, 0.4) is 0 Å². The Balaban J connectivity index is 1.57. The predicted octanol–water partition coefficient (Wildman–Crippen LogP) is 0.894.